The van der Waals surface area contributed by atoms with Crippen LogP contribution in [0.2, 0.25) is 5.02 Å². The molecule has 0 aromatic heterocycles. The number of carbonyl (C=O) groups excluding carboxylic acids is 6. The predicted octanol–water partition coefficient (Wildman–Crippen LogP) is 2.85. The number of fused-ring (bicyclic) bond motifs is 3. The van der Waals surface area contributed by atoms with Crippen molar-refractivity contribution in [2.45, 2.75) is 114 Å². The summed E-state index contributed by atoms with van der Waals surface area (Å²) < 4.78 is 52.2. The summed E-state index contributed by atoms with van der Waals surface area (Å²) in [5.41, 5.74) is 0.216. The van der Waals surface area contributed by atoms with Crippen molar-refractivity contribution in [2.24, 2.45) is 5.92 Å². The fourth-order valence-corrected chi connectivity index (χ4v) is 9.56. The summed E-state index contributed by atoms with van der Waals surface area (Å²) in [6, 6.07) is 0.683. The maximum Gasteiger partial charge on any atom is 0.469 e. The van der Waals surface area contributed by atoms with E-state index in [4.69, 9.17) is 20.9 Å². The first-order chi connectivity index (χ1) is 29.8. The van der Waals surface area contributed by atoms with E-state index in [1.165, 1.54) is 24.0 Å². The summed E-state index contributed by atoms with van der Waals surface area (Å²) in [7, 11) is -5.11. The minimum absolute atomic E-state index is 0.0297. The lowest BCUT2D eigenvalue weighted by Crippen LogP contribution is -2.65. The van der Waals surface area contributed by atoms with Gasteiger partial charge >= 0.3 is 13.9 Å². The number of urea groups is 1. The lowest BCUT2D eigenvalue weighted by Gasteiger charge is -2.45. The van der Waals surface area contributed by atoms with Crippen LogP contribution in [0.1, 0.15) is 64.9 Å². The van der Waals surface area contributed by atoms with Gasteiger partial charge < -0.3 is 50.5 Å². The lowest BCUT2D eigenvalue weighted by molar-refractivity contribution is -0.158. The largest absolute Gasteiger partial charge is 0.469 e. The van der Waals surface area contributed by atoms with Gasteiger partial charge in [-0.3, -0.25) is 28.5 Å². The Kier molecular flexibility index (Phi) is 15.5. The minimum atomic E-state index is -5.11. The zero-order chi connectivity index (χ0) is 45.7. The van der Waals surface area contributed by atoms with Crippen molar-refractivity contribution in [1.29, 1.82) is 0 Å². The molecule has 0 spiro atoms. The van der Waals surface area contributed by atoms with Gasteiger partial charge in [0.1, 0.15) is 41.8 Å². The van der Waals surface area contributed by atoms with Crippen LogP contribution >= 0.6 is 19.4 Å². The normalized spacial score (nSPS) is 28.0. The Labute approximate surface area is 367 Å². The molecule has 9 atom stereocenters. The van der Waals surface area contributed by atoms with Gasteiger partial charge in [0.25, 0.3) is 0 Å². The van der Waals surface area contributed by atoms with E-state index in [0.29, 0.717) is 36.9 Å². The molecular formula is C41H53ClF2N7O11P. The minimum Gasteiger partial charge on any atom is -0.374 e. The number of phosphoric acid groups is 1. The third-order valence-electron chi connectivity index (χ3n) is 11.8. The van der Waals surface area contributed by atoms with Crippen LogP contribution < -0.4 is 21.3 Å². The van der Waals surface area contributed by atoms with Crippen molar-refractivity contribution in [3.05, 3.63) is 64.7 Å². The van der Waals surface area contributed by atoms with Crippen LogP contribution in [0, 0.1) is 17.6 Å². The molecule has 18 nitrogen and oxygen atoms in total. The number of carbonyl (C=O) groups is 6. The number of hydrogen-bond acceptors (Lipinski definition) is 9. The van der Waals surface area contributed by atoms with Gasteiger partial charge in [-0.15, -0.1) is 0 Å². The number of nitrogens with one attached hydrogen (secondary N) is 4. The first-order valence-electron chi connectivity index (χ1n) is 20.9. The van der Waals surface area contributed by atoms with E-state index in [-0.39, 0.29) is 55.5 Å². The predicted molar refractivity (Wildman–Crippen MR) is 223 cm³/mol. The van der Waals surface area contributed by atoms with Crippen LogP contribution in [-0.4, -0.2) is 135 Å². The SMILES string of the molecule is C[C@@H]1C[C@H]2CO[C@@H](C)[C@H](NC(=O)[C@H](Cc3cc(F)cc(F)c3)NC(=O)Nc3cccc(Cl)c3)C(=O)N3C[C@H](OP(=O)(O)O)CC[C@H]3C(=O)N3CCCC[C@H]3C(=O)N[C@@H](C)C(=O)N2C1. The van der Waals surface area contributed by atoms with Crippen LogP contribution in [0.4, 0.5) is 19.3 Å². The molecule has 0 unspecified atom stereocenters. The van der Waals surface area contributed by atoms with Gasteiger partial charge in [0, 0.05) is 42.8 Å². The second kappa shape index (κ2) is 20.4. The van der Waals surface area contributed by atoms with Crippen LogP contribution in [-0.2, 0) is 44.2 Å². The maximum atomic E-state index is 15.1. The number of halogens is 3. The molecule has 0 aliphatic carbocycles. The summed E-state index contributed by atoms with van der Waals surface area (Å²) in [5.74, 6) is -5.38. The number of phosphoric ester groups is 1. The number of benzene rings is 2. The van der Waals surface area contributed by atoms with Crippen LogP contribution in [0.5, 0.6) is 0 Å². The standard InChI is InChI=1S/C41H53ClF2N7O11P/c1-22-13-30-21-61-24(3)35(48-36(52)32(16-25-14-27(43)18-28(44)15-25)47-41(57)46-29-8-6-7-26(42)17-29)40(56)51-20-31(62-63(58,59)60)10-11-34(51)39(55)49-12-5-4-9-33(49)37(53)45-23(2)38(54)50(30)19-22/h6-8,14-15,17-18,22-24,30-35H,4-5,9-13,16,19-21H2,1-3H3,(H,45,53)(H,48,52)(H2,46,47,57)(H2,58,59,60)/t22-,23+,24+,30+,31-,32+,33+,34+,35+/m1/s1. The highest BCUT2D eigenvalue weighted by molar-refractivity contribution is 7.46. The molecule has 2 aromatic rings. The third kappa shape index (κ3) is 12.3. The van der Waals surface area contributed by atoms with E-state index >= 15 is 4.79 Å². The molecule has 4 saturated heterocycles. The molecule has 0 radical (unpaired) electrons. The molecule has 7 amide bonds. The zero-order valence-electron chi connectivity index (χ0n) is 35.0. The number of rotatable bonds is 8. The molecule has 0 bridgehead atoms. The molecule has 344 valence electrons. The van der Waals surface area contributed by atoms with Crippen LogP contribution in [0.25, 0.3) is 0 Å². The quantitative estimate of drug-likeness (QED) is 0.211. The summed E-state index contributed by atoms with van der Waals surface area (Å²) in [6.07, 6.45) is -1.29. The Balaban J connectivity index is 1.38. The molecule has 22 heteroatoms. The number of amides is 7. The van der Waals surface area contributed by atoms with E-state index in [1.807, 2.05) is 6.92 Å². The number of nitrogens with zero attached hydrogens (tertiary/aromatic N) is 3. The second-order valence-corrected chi connectivity index (χ2v) is 18.4. The Bertz CT molecular complexity index is 2100. The van der Waals surface area contributed by atoms with E-state index < -0.39 is 111 Å². The van der Waals surface area contributed by atoms with Gasteiger partial charge in [-0.1, -0.05) is 24.6 Å². The summed E-state index contributed by atoms with van der Waals surface area (Å²) >= 11 is 6.08. The van der Waals surface area contributed by atoms with Gasteiger partial charge in [-0.2, -0.15) is 0 Å². The molecule has 6 rings (SSSR count). The first-order valence-corrected chi connectivity index (χ1v) is 22.8. The summed E-state index contributed by atoms with van der Waals surface area (Å²) in [4.78, 5) is 109. The fourth-order valence-electron chi connectivity index (χ4n) is 8.81. The molecule has 6 N–H and O–H groups in total. The zero-order valence-corrected chi connectivity index (χ0v) is 36.7. The van der Waals surface area contributed by atoms with Crippen molar-refractivity contribution in [2.75, 3.05) is 31.6 Å². The van der Waals surface area contributed by atoms with Gasteiger partial charge in [0.2, 0.25) is 29.5 Å². The Morgan fingerprint density at radius 2 is 1.67 bits per heavy atom. The van der Waals surface area contributed by atoms with Gasteiger partial charge in [-0.25, -0.2) is 18.1 Å². The maximum absolute atomic E-state index is 15.1. The summed E-state index contributed by atoms with van der Waals surface area (Å²) in [5, 5.41) is 10.8. The third-order valence-corrected chi connectivity index (χ3v) is 12.6. The molecule has 63 heavy (non-hydrogen) atoms. The first kappa shape index (κ1) is 47.8. The molecular weight excluding hydrogens is 871 g/mol. The molecule has 4 aliphatic heterocycles. The van der Waals surface area contributed by atoms with E-state index in [2.05, 4.69) is 21.3 Å². The molecule has 4 fully saturated rings. The van der Waals surface area contributed by atoms with Gasteiger partial charge in [0.15, 0.2) is 0 Å². The Morgan fingerprint density at radius 1 is 0.937 bits per heavy atom. The van der Waals surface area contributed by atoms with Gasteiger partial charge in [-0.05, 0) is 94.2 Å². The number of hydrogen-bond donors (Lipinski definition) is 6. The van der Waals surface area contributed by atoms with E-state index in [9.17, 15) is 47.1 Å². The average molecular weight is 924 g/mol. The molecule has 2 aromatic carbocycles. The van der Waals surface area contributed by atoms with Crippen molar-refractivity contribution in [3.63, 3.8) is 0 Å². The highest BCUT2D eigenvalue weighted by atomic mass is 35.5. The van der Waals surface area contributed by atoms with Gasteiger partial charge in [0.05, 0.1) is 24.9 Å². The van der Waals surface area contributed by atoms with E-state index in [1.54, 1.807) is 24.0 Å². The summed E-state index contributed by atoms with van der Waals surface area (Å²) in [6.45, 7) is 4.81. The Morgan fingerprint density at radius 3 is 2.37 bits per heavy atom. The van der Waals surface area contributed by atoms with E-state index in [0.717, 1.165) is 17.0 Å². The van der Waals surface area contributed by atoms with Crippen LogP contribution in [0.3, 0.4) is 0 Å². The number of piperidine rings is 2. The molecule has 4 aliphatic rings. The average Bonchev–Trinajstić information content (AvgIpc) is 3.59. The van der Waals surface area contributed by atoms with Crippen molar-refractivity contribution in [1.82, 2.24) is 30.7 Å². The number of anilines is 1. The molecule has 4 heterocycles. The van der Waals surface area contributed by atoms with Crippen molar-refractivity contribution in [3.8, 4) is 0 Å². The van der Waals surface area contributed by atoms with Crippen molar-refractivity contribution < 1.29 is 61.2 Å². The highest BCUT2D eigenvalue weighted by Gasteiger charge is 2.47. The Hall–Kier alpha value is -4.72. The highest BCUT2D eigenvalue weighted by Crippen LogP contribution is 2.40. The monoisotopic (exact) mass is 923 g/mol. The van der Waals surface area contributed by atoms with Crippen LogP contribution in [0.15, 0.2) is 42.5 Å². The second-order valence-electron chi connectivity index (χ2n) is 16.7. The lowest BCUT2D eigenvalue weighted by atomic mass is 9.94. The fraction of sp³-hybridized carbons (Fsp3) is 0.561. The topological polar surface area (TPSA) is 236 Å². The van der Waals surface area contributed by atoms with Crippen molar-refractivity contribution >= 4 is 60.7 Å². The number of ether oxygens (including phenoxy) is 1. The molecule has 0 saturated carbocycles. The smallest absolute Gasteiger partial charge is 0.374 e.